The molecular formula is C17H19N3O2. The van der Waals surface area contributed by atoms with Gasteiger partial charge < -0.3 is 11.1 Å². The Balaban J connectivity index is 2.28. The number of primary amides is 1. The molecule has 0 saturated carbocycles. The van der Waals surface area contributed by atoms with Crippen LogP contribution in [0, 0.1) is 0 Å². The highest BCUT2D eigenvalue weighted by Gasteiger charge is 2.21. The van der Waals surface area contributed by atoms with Crippen molar-refractivity contribution in [3.8, 4) is 0 Å². The number of anilines is 1. The molecule has 0 bridgehead atoms. The van der Waals surface area contributed by atoms with Crippen molar-refractivity contribution < 1.29 is 9.59 Å². The second-order valence-electron chi connectivity index (χ2n) is 4.90. The summed E-state index contributed by atoms with van der Waals surface area (Å²) in [5.74, 6) is -0.486. The molecule has 0 aliphatic heterocycles. The number of urea groups is 1. The molecular weight excluding hydrogens is 278 g/mol. The van der Waals surface area contributed by atoms with Crippen LogP contribution in [0.15, 0.2) is 54.6 Å². The summed E-state index contributed by atoms with van der Waals surface area (Å²) < 4.78 is 0. The summed E-state index contributed by atoms with van der Waals surface area (Å²) >= 11 is 0. The zero-order chi connectivity index (χ0) is 15.9. The van der Waals surface area contributed by atoms with Crippen LogP contribution in [-0.4, -0.2) is 11.9 Å². The number of rotatable bonds is 5. The number of nitrogens with one attached hydrogen (secondary N) is 2. The highest BCUT2D eigenvalue weighted by atomic mass is 16.2. The van der Waals surface area contributed by atoms with Gasteiger partial charge in [0.15, 0.2) is 0 Å². The van der Waals surface area contributed by atoms with Gasteiger partial charge in [0.05, 0.1) is 0 Å². The van der Waals surface area contributed by atoms with Crippen molar-refractivity contribution in [3.05, 3.63) is 65.7 Å². The Morgan fingerprint density at radius 3 is 2.45 bits per heavy atom. The highest BCUT2D eigenvalue weighted by molar-refractivity contribution is 5.98. The van der Waals surface area contributed by atoms with Crippen molar-refractivity contribution in [1.82, 2.24) is 5.32 Å². The molecule has 2 aromatic rings. The van der Waals surface area contributed by atoms with Crippen molar-refractivity contribution in [2.45, 2.75) is 19.4 Å². The van der Waals surface area contributed by atoms with Gasteiger partial charge in [-0.05, 0) is 29.7 Å². The lowest BCUT2D eigenvalue weighted by molar-refractivity contribution is -0.120. The minimum absolute atomic E-state index is 0.486. The fraction of sp³-hybridized carbons (Fsp3) is 0.176. The largest absolute Gasteiger partial charge is 0.370 e. The zero-order valence-electron chi connectivity index (χ0n) is 12.4. The van der Waals surface area contributed by atoms with Crippen LogP contribution >= 0.6 is 0 Å². The molecule has 114 valence electrons. The van der Waals surface area contributed by atoms with E-state index in [4.69, 9.17) is 5.73 Å². The first-order valence-corrected chi connectivity index (χ1v) is 7.11. The first-order chi connectivity index (χ1) is 10.6. The number of carbonyl (C=O) groups excluding carboxylic acids is 2. The molecule has 2 aromatic carbocycles. The van der Waals surface area contributed by atoms with E-state index in [-0.39, 0.29) is 0 Å². The Bertz CT molecular complexity index is 656. The molecule has 2 rings (SSSR count). The fourth-order valence-corrected chi connectivity index (χ4v) is 2.19. The predicted octanol–water partition coefficient (Wildman–Crippen LogP) is 2.60. The molecule has 0 aliphatic carbocycles. The van der Waals surface area contributed by atoms with Gasteiger partial charge in [-0.25, -0.2) is 4.79 Å². The Morgan fingerprint density at radius 2 is 1.82 bits per heavy atom. The summed E-state index contributed by atoms with van der Waals surface area (Å²) in [7, 11) is 0. The molecule has 5 heteroatoms. The van der Waals surface area contributed by atoms with E-state index in [1.54, 1.807) is 0 Å². The van der Waals surface area contributed by atoms with Crippen molar-refractivity contribution in [3.63, 3.8) is 0 Å². The molecule has 0 spiro atoms. The fourth-order valence-electron chi connectivity index (χ4n) is 2.19. The van der Waals surface area contributed by atoms with E-state index in [2.05, 4.69) is 17.6 Å². The number of benzene rings is 2. The van der Waals surface area contributed by atoms with Crippen LogP contribution in [0.5, 0.6) is 0 Å². The van der Waals surface area contributed by atoms with E-state index in [1.165, 1.54) is 0 Å². The summed E-state index contributed by atoms with van der Waals surface area (Å²) in [5.41, 5.74) is 7.77. The second kappa shape index (κ2) is 7.26. The zero-order valence-corrected chi connectivity index (χ0v) is 12.4. The SMILES string of the molecule is CCc1cccc(N[C@@H](C(=O)NC(N)=O)c2ccccc2)c1. The average Bonchev–Trinajstić information content (AvgIpc) is 2.53. The van der Waals surface area contributed by atoms with Gasteiger partial charge in [-0.15, -0.1) is 0 Å². The molecule has 0 heterocycles. The third-order valence-electron chi connectivity index (χ3n) is 3.29. The minimum atomic E-state index is -0.866. The molecule has 0 saturated heterocycles. The van der Waals surface area contributed by atoms with Gasteiger partial charge in [-0.1, -0.05) is 49.4 Å². The summed E-state index contributed by atoms with van der Waals surface area (Å²) in [6.07, 6.45) is 0.902. The molecule has 0 unspecified atom stereocenters. The standard InChI is InChI=1S/C17H19N3O2/c1-2-12-7-6-10-14(11-12)19-15(16(21)20-17(18)22)13-8-4-3-5-9-13/h3-11,15,19H,2H2,1H3,(H3,18,20,21,22)/t15-/m1/s1. The Labute approximate surface area is 129 Å². The molecule has 5 nitrogen and oxygen atoms in total. The number of carbonyl (C=O) groups is 2. The van der Waals surface area contributed by atoms with Crippen LogP contribution in [0.4, 0.5) is 10.5 Å². The van der Waals surface area contributed by atoms with E-state index in [0.717, 1.165) is 23.2 Å². The molecule has 22 heavy (non-hydrogen) atoms. The van der Waals surface area contributed by atoms with Crippen LogP contribution in [0.2, 0.25) is 0 Å². The summed E-state index contributed by atoms with van der Waals surface area (Å²) in [6, 6.07) is 15.4. The number of imide groups is 1. The molecule has 0 aromatic heterocycles. The van der Waals surface area contributed by atoms with Crippen LogP contribution in [0.25, 0.3) is 0 Å². The number of hydrogen-bond acceptors (Lipinski definition) is 3. The maximum Gasteiger partial charge on any atom is 0.318 e. The van der Waals surface area contributed by atoms with Gasteiger partial charge in [0.1, 0.15) is 6.04 Å². The maximum atomic E-state index is 12.2. The van der Waals surface area contributed by atoms with Crippen molar-refractivity contribution in [2.75, 3.05) is 5.32 Å². The van der Waals surface area contributed by atoms with Crippen LogP contribution < -0.4 is 16.4 Å². The summed E-state index contributed by atoms with van der Waals surface area (Å²) in [4.78, 5) is 23.2. The number of aryl methyl sites for hydroxylation is 1. The van der Waals surface area contributed by atoms with Gasteiger partial charge in [0.25, 0.3) is 5.91 Å². The lowest BCUT2D eigenvalue weighted by Gasteiger charge is -2.19. The van der Waals surface area contributed by atoms with Crippen LogP contribution in [0.3, 0.4) is 0 Å². The third-order valence-corrected chi connectivity index (χ3v) is 3.29. The van der Waals surface area contributed by atoms with E-state index < -0.39 is 18.0 Å². The molecule has 3 amide bonds. The number of amides is 3. The molecule has 0 aliphatic rings. The van der Waals surface area contributed by atoms with Crippen LogP contribution in [0.1, 0.15) is 24.1 Å². The Hall–Kier alpha value is -2.82. The lowest BCUT2D eigenvalue weighted by Crippen LogP contribution is -2.40. The van der Waals surface area contributed by atoms with Gasteiger partial charge in [0.2, 0.25) is 0 Å². The number of nitrogens with two attached hydrogens (primary N) is 1. The van der Waals surface area contributed by atoms with Gasteiger partial charge in [-0.2, -0.15) is 0 Å². The monoisotopic (exact) mass is 297 g/mol. The van der Waals surface area contributed by atoms with Gasteiger partial charge >= 0.3 is 6.03 Å². The van der Waals surface area contributed by atoms with Crippen LogP contribution in [-0.2, 0) is 11.2 Å². The first-order valence-electron chi connectivity index (χ1n) is 7.11. The van der Waals surface area contributed by atoms with E-state index in [1.807, 2.05) is 54.6 Å². The smallest absolute Gasteiger partial charge is 0.318 e. The maximum absolute atomic E-state index is 12.2. The predicted molar refractivity (Wildman–Crippen MR) is 86.4 cm³/mol. The Kier molecular flexibility index (Phi) is 5.14. The normalized spacial score (nSPS) is 11.5. The van der Waals surface area contributed by atoms with E-state index in [9.17, 15) is 9.59 Å². The average molecular weight is 297 g/mol. The summed E-state index contributed by atoms with van der Waals surface area (Å²) in [5, 5.41) is 5.28. The first kappa shape index (κ1) is 15.6. The quantitative estimate of drug-likeness (QED) is 0.793. The van der Waals surface area contributed by atoms with Gasteiger partial charge in [0, 0.05) is 5.69 Å². The summed E-state index contributed by atoms with van der Waals surface area (Å²) in [6.45, 7) is 2.06. The molecule has 1 atom stereocenters. The molecule has 0 fully saturated rings. The molecule has 0 radical (unpaired) electrons. The lowest BCUT2D eigenvalue weighted by atomic mass is 10.1. The highest BCUT2D eigenvalue weighted by Crippen LogP contribution is 2.21. The Morgan fingerprint density at radius 1 is 1.09 bits per heavy atom. The second-order valence-corrected chi connectivity index (χ2v) is 4.90. The number of hydrogen-bond donors (Lipinski definition) is 3. The molecule has 4 N–H and O–H groups in total. The van der Waals surface area contributed by atoms with Crippen molar-refractivity contribution in [1.29, 1.82) is 0 Å². The topological polar surface area (TPSA) is 84.2 Å². The van der Waals surface area contributed by atoms with Crippen molar-refractivity contribution in [2.24, 2.45) is 5.73 Å². The third kappa shape index (κ3) is 4.09. The minimum Gasteiger partial charge on any atom is -0.370 e. The van der Waals surface area contributed by atoms with Gasteiger partial charge in [-0.3, -0.25) is 10.1 Å². The van der Waals surface area contributed by atoms with E-state index >= 15 is 0 Å². The van der Waals surface area contributed by atoms with Crippen molar-refractivity contribution >= 4 is 17.6 Å². The van der Waals surface area contributed by atoms with E-state index in [0.29, 0.717) is 0 Å².